The van der Waals surface area contributed by atoms with Gasteiger partial charge in [0.15, 0.2) is 5.58 Å². The Bertz CT molecular complexity index is 1130. The number of aromatic nitrogens is 5. The SMILES string of the molecule is Cn1c[c-][n+](-c2cccc3c2[nH]c2c(-n4ccnc4)coc23)c1. The van der Waals surface area contributed by atoms with Crippen LogP contribution in [0.15, 0.2) is 60.1 Å². The van der Waals surface area contributed by atoms with Crippen molar-refractivity contribution in [1.29, 1.82) is 0 Å². The lowest BCUT2D eigenvalue weighted by molar-refractivity contribution is -0.597. The average molecular weight is 303 g/mol. The first-order chi connectivity index (χ1) is 11.3. The summed E-state index contributed by atoms with van der Waals surface area (Å²) in [6.45, 7) is 0. The van der Waals surface area contributed by atoms with Crippen LogP contribution >= 0.6 is 0 Å². The number of rotatable bonds is 2. The monoisotopic (exact) mass is 303 g/mol. The topological polar surface area (TPSA) is 55.6 Å². The molecule has 0 saturated heterocycles. The molecule has 0 bridgehead atoms. The number of aryl methyl sites for hydroxylation is 1. The minimum absolute atomic E-state index is 0.849. The number of furan rings is 1. The predicted octanol–water partition coefficient (Wildman–Crippen LogP) is 2.52. The van der Waals surface area contributed by atoms with Gasteiger partial charge < -0.3 is 23.1 Å². The zero-order valence-corrected chi connectivity index (χ0v) is 12.4. The van der Waals surface area contributed by atoms with Crippen LogP contribution in [0, 0.1) is 6.20 Å². The molecule has 112 valence electrons. The maximum Gasteiger partial charge on any atom is 0.160 e. The van der Waals surface area contributed by atoms with Gasteiger partial charge in [-0.1, -0.05) is 18.2 Å². The van der Waals surface area contributed by atoms with Crippen LogP contribution < -0.4 is 4.57 Å². The first-order valence-electron chi connectivity index (χ1n) is 7.27. The molecule has 0 amide bonds. The number of hydrogen-bond acceptors (Lipinski definition) is 2. The molecule has 1 aromatic carbocycles. The Kier molecular flexibility index (Phi) is 2.33. The van der Waals surface area contributed by atoms with Gasteiger partial charge in [-0.3, -0.25) is 0 Å². The summed E-state index contributed by atoms with van der Waals surface area (Å²) in [5, 5.41) is 1.05. The van der Waals surface area contributed by atoms with Crippen molar-refractivity contribution in [3.05, 3.63) is 61.9 Å². The first-order valence-corrected chi connectivity index (χ1v) is 7.27. The molecule has 5 aromatic rings. The van der Waals surface area contributed by atoms with E-state index in [1.807, 2.05) is 45.5 Å². The summed E-state index contributed by atoms with van der Waals surface area (Å²) in [5.74, 6) is 0. The molecule has 0 atom stereocenters. The summed E-state index contributed by atoms with van der Waals surface area (Å²) >= 11 is 0. The second kappa shape index (κ2) is 4.36. The maximum absolute atomic E-state index is 5.82. The summed E-state index contributed by atoms with van der Waals surface area (Å²) in [6.07, 6.45) is 14.2. The molecule has 4 aromatic heterocycles. The van der Waals surface area contributed by atoms with E-state index in [2.05, 4.69) is 28.3 Å². The normalized spacial score (nSPS) is 11.7. The van der Waals surface area contributed by atoms with E-state index >= 15 is 0 Å². The van der Waals surface area contributed by atoms with Crippen LogP contribution in [0.1, 0.15) is 0 Å². The highest BCUT2D eigenvalue weighted by atomic mass is 16.3. The van der Waals surface area contributed by atoms with E-state index in [4.69, 9.17) is 4.42 Å². The molecule has 5 rings (SSSR count). The van der Waals surface area contributed by atoms with Gasteiger partial charge >= 0.3 is 0 Å². The van der Waals surface area contributed by atoms with Gasteiger partial charge in [0.1, 0.15) is 23.8 Å². The summed E-state index contributed by atoms with van der Waals surface area (Å²) in [5.41, 5.74) is 4.81. The third-order valence-corrected chi connectivity index (χ3v) is 4.05. The molecule has 23 heavy (non-hydrogen) atoms. The number of para-hydroxylation sites is 1. The number of H-pyrrole nitrogens is 1. The molecule has 0 saturated carbocycles. The van der Waals surface area contributed by atoms with Crippen LogP contribution in [0.5, 0.6) is 0 Å². The zero-order chi connectivity index (χ0) is 15.4. The second-order valence-corrected chi connectivity index (χ2v) is 5.53. The minimum Gasteiger partial charge on any atom is -0.460 e. The second-order valence-electron chi connectivity index (χ2n) is 5.53. The van der Waals surface area contributed by atoms with E-state index in [1.165, 1.54) is 0 Å². The number of aromatic amines is 1. The van der Waals surface area contributed by atoms with Gasteiger partial charge in [-0.05, 0) is 0 Å². The molecule has 4 heterocycles. The molecule has 0 fully saturated rings. The van der Waals surface area contributed by atoms with Crippen LogP contribution in [-0.2, 0) is 7.05 Å². The number of fused-ring (bicyclic) bond motifs is 3. The van der Waals surface area contributed by atoms with Crippen LogP contribution in [0.4, 0.5) is 0 Å². The van der Waals surface area contributed by atoms with Crippen LogP contribution in [0.3, 0.4) is 0 Å². The molecule has 1 N–H and O–H groups in total. The smallest absolute Gasteiger partial charge is 0.160 e. The van der Waals surface area contributed by atoms with Crippen LogP contribution in [-0.4, -0.2) is 19.1 Å². The Morgan fingerprint density at radius 2 is 2.26 bits per heavy atom. The van der Waals surface area contributed by atoms with E-state index in [-0.39, 0.29) is 0 Å². The first kappa shape index (κ1) is 12.3. The molecule has 0 aliphatic heterocycles. The minimum atomic E-state index is 0.849. The number of imidazole rings is 2. The van der Waals surface area contributed by atoms with E-state index in [1.54, 1.807) is 18.8 Å². The van der Waals surface area contributed by atoms with Gasteiger partial charge in [-0.2, -0.15) is 0 Å². The van der Waals surface area contributed by atoms with E-state index in [9.17, 15) is 0 Å². The van der Waals surface area contributed by atoms with Gasteiger partial charge in [-0.25, -0.2) is 4.98 Å². The van der Waals surface area contributed by atoms with Crippen molar-refractivity contribution in [3.8, 4) is 11.4 Å². The van der Waals surface area contributed by atoms with Crippen molar-refractivity contribution in [2.45, 2.75) is 0 Å². The largest absolute Gasteiger partial charge is 0.460 e. The third kappa shape index (κ3) is 1.69. The highest BCUT2D eigenvalue weighted by Gasteiger charge is 2.15. The average Bonchev–Trinajstić information content (AvgIpc) is 3.30. The zero-order valence-electron chi connectivity index (χ0n) is 12.4. The third-order valence-electron chi connectivity index (χ3n) is 4.05. The lowest BCUT2D eigenvalue weighted by Crippen LogP contribution is -2.28. The van der Waals surface area contributed by atoms with E-state index < -0.39 is 0 Å². The Balaban J connectivity index is 1.83. The lowest BCUT2D eigenvalue weighted by atomic mass is 10.2. The Morgan fingerprint density at radius 1 is 1.30 bits per heavy atom. The van der Waals surface area contributed by atoms with Gasteiger partial charge in [-0.15, -0.1) is 0 Å². The molecule has 0 radical (unpaired) electrons. The molecule has 0 aliphatic carbocycles. The molecular weight excluding hydrogens is 290 g/mol. The maximum atomic E-state index is 5.82. The van der Waals surface area contributed by atoms with Crippen LogP contribution in [0.2, 0.25) is 0 Å². The molecule has 6 nitrogen and oxygen atoms in total. The van der Waals surface area contributed by atoms with Gasteiger partial charge in [0.2, 0.25) is 0 Å². The van der Waals surface area contributed by atoms with Crippen molar-refractivity contribution in [1.82, 2.24) is 19.1 Å². The summed E-state index contributed by atoms with van der Waals surface area (Å²) in [6, 6.07) is 6.14. The van der Waals surface area contributed by atoms with E-state index in [0.29, 0.717) is 0 Å². The summed E-state index contributed by atoms with van der Waals surface area (Å²) < 4.78 is 11.7. The highest BCUT2D eigenvalue weighted by molar-refractivity contribution is 6.08. The van der Waals surface area contributed by atoms with Crippen molar-refractivity contribution in [2.24, 2.45) is 7.05 Å². The van der Waals surface area contributed by atoms with Crippen molar-refractivity contribution >= 4 is 22.0 Å². The fourth-order valence-corrected chi connectivity index (χ4v) is 2.98. The number of nitrogens with zero attached hydrogens (tertiary/aromatic N) is 4. The van der Waals surface area contributed by atoms with Crippen molar-refractivity contribution in [2.75, 3.05) is 0 Å². The summed E-state index contributed by atoms with van der Waals surface area (Å²) in [4.78, 5) is 7.60. The molecule has 0 aliphatic rings. The predicted molar refractivity (Wildman–Crippen MR) is 84.5 cm³/mol. The lowest BCUT2D eigenvalue weighted by Gasteiger charge is -2.06. The Morgan fingerprint density at radius 3 is 3.04 bits per heavy atom. The Hall–Kier alpha value is -3.28. The van der Waals surface area contributed by atoms with Crippen LogP contribution in [0.25, 0.3) is 33.4 Å². The number of nitrogens with one attached hydrogen (secondary N) is 1. The highest BCUT2D eigenvalue weighted by Crippen LogP contribution is 2.32. The Labute approximate surface area is 131 Å². The quantitative estimate of drug-likeness (QED) is 0.402. The summed E-state index contributed by atoms with van der Waals surface area (Å²) in [7, 11) is 1.98. The van der Waals surface area contributed by atoms with Crippen molar-refractivity contribution in [3.63, 3.8) is 0 Å². The fraction of sp³-hybridized carbons (Fsp3) is 0.0588. The van der Waals surface area contributed by atoms with Crippen molar-refractivity contribution < 1.29 is 8.98 Å². The van der Waals surface area contributed by atoms with Gasteiger partial charge in [0.25, 0.3) is 0 Å². The molecule has 0 unspecified atom stereocenters. The standard InChI is InChI=1S/C17H13N5O/c1-20-7-8-22(11-20)13-4-2-3-12-15(13)19-16-14(9-23-17(12)16)21-6-5-18-10-21/h2-7,9-11,19H,1H3. The van der Waals surface area contributed by atoms with Gasteiger partial charge in [0.05, 0.1) is 25.8 Å². The number of benzene rings is 1. The van der Waals surface area contributed by atoms with Gasteiger partial charge in [0, 0.05) is 29.0 Å². The molecule has 0 spiro atoms. The van der Waals surface area contributed by atoms with E-state index in [0.717, 1.165) is 33.4 Å². The fourth-order valence-electron chi connectivity index (χ4n) is 2.98. The molecular formula is C17H13N5O. The number of hydrogen-bond donors (Lipinski definition) is 1. The molecule has 6 heteroatoms.